The summed E-state index contributed by atoms with van der Waals surface area (Å²) in [6, 6.07) is 7.42. The van der Waals surface area contributed by atoms with Crippen LogP contribution in [-0.4, -0.2) is 23.0 Å². The zero-order valence-corrected chi connectivity index (χ0v) is 13.3. The Morgan fingerprint density at radius 2 is 2.13 bits per heavy atom. The van der Waals surface area contributed by atoms with Gasteiger partial charge in [-0.05, 0) is 40.1 Å². The Labute approximate surface area is 138 Å². The van der Waals surface area contributed by atoms with Crippen LogP contribution in [0.4, 0.5) is 0 Å². The lowest BCUT2D eigenvalue weighted by molar-refractivity contribution is 0.0950. The van der Waals surface area contributed by atoms with Gasteiger partial charge in [0.1, 0.15) is 0 Å². The van der Waals surface area contributed by atoms with Crippen molar-refractivity contribution in [3.05, 3.63) is 64.7 Å². The molecule has 0 saturated heterocycles. The molecular formula is C17H15N3O2S. The number of aromatic nitrogens is 2. The van der Waals surface area contributed by atoms with Crippen molar-refractivity contribution in [1.29, 1.82) is 0 Å². The molecule has 3 aromatic rings. The Bertz CT molecular complexity index is 786. The second-order valence-corrected chi connectivity index (χ2v) is 5.65. The van der Waals surface area contributed by atoms with E-state index in [1.54, 1.807) is 29.7 Å². The molecule has 5 nitrogen and oxygen atoms in total. The summed E-state index contributed by atoms with van der Waals surface area (Å²) in [6.45, 7) is 0.413. The first-order chi connectivity index (χ1) is 11.3. The van der Waals surface area contributed by atoms with Crippen LogP contribution in [0.15, 0.2) is 53.6 Å². The molecule has 1 N–H and O–H groups in total. The lowest BCUT2D eigenvalue weighted by Crippen LogP contribution is -2.23. The van der Waals surface area contributed by atoms with Crippen molar-refractivity contribution in [3.8, 4) is 17.0 Å². The number of rotatable bonds is 5. The number of thiophene rings is 1. The minimum Gasteiger partial charge on any atom is -0.481 e. The van der Waals surface area contributed by atoms with Crippen molar-refractivity contribution in [2.24, 2.45) is 0 Å². The lowest BCUT2D eigenvalue weighted by Gasteiger charge is -2.07. The first kappa shape index (κ1) is 15.2. The predicted octanol–water partition coefficient (Wildman–Crippen LogP) is 3.14. The molecule has 0 saturated carbocycles. The summed E-state index contributed by atoms with van der Waals surface area (Å²) >= 11 is 1.64. The van der Waals surface area contributed by atoms with Gasteiger partial charge in [0.2, 0.25) is 5.88 Å². The number of carbonyl (C=O) groups excluding carboxylic acids is 1. The van der Waals surface area contributed by atoms with Gasteiger partial charge in [-0.2, -0.15) is 11.3 Å². The summed E-state index contributed by atoms with van der Waals surface area (Å²) in [5.41, 5.74) is 3.62. The summed E-state index contributed by atoms with van der Waals surface area (Å²) in [7, 11) is 1.54. The van der Waals surface area contributed by atoms with Gasteiger partial charge in [-0.1, -0.05) is 0 Å². The van der Waals surface area contributed by atoms with Gasteiger partial charge in [0.25, 0.3) is 5.91 Å². The predicted molar refractivity (Wildman–Crippen MR) is 89.5 cm³/mol. The smallest absolute Gasteiger partial charge is 0.253 e. The van der Waals surface area contributed by atoms with Gasteiger partial charge >= 0.3 is 0 Å². The molecule has 0 bridgehead atoms. The number of hydrogen-bond donors (Lipinski definition) is 1. The number of nitrogens with one attached hydrogen (secondary N) is 1. The highest BCUT2D eigenvalue weighted by Crippen LogP contribution is 2.21. The molecule has 1 amide bonds. The molecule has 0 spiro atoms. The van der Waals surface area contributed by atoms with Crippen molar-refractivity contribution in [2.75, 3.05) is 7.11 Å². The normalized spacial score (nSPS) is 10.3. The van der Waals surface area contributed by atoms with Crippen LogP contribution in [0.25, 0.3) is 11.1 Å². The average molecular weight is 325 g/mol. The fourth-order valence-electron chi connectivity index (χ4n) is 2.09. The van der Waals surface area contributed by atoms with E-state index >= 15 is 0 Å². The molecule has 3 heterocycles. The molecule has 3 aromatic heterocycles. The van der Waals surface area contributed by atoms with Crippen molar-refractivity contribution >= 4 is 17.2 Å². The Balaban J connectivity index is 1.65. The Kier molecular flexibility index (Phi) is 4.63. The topological polar surface area (TPSA) is 64.1 Å². The molecule has 3 rings (SSSR count). The summed E-state index contributed by atoms with van der Waals surface area (Å²) in [5, 5.41) is 6.97. The highest BCUT2D eigenvalue weighted by Gasteiger charge is 2.07. The van der Waals surface area contributed by atoms with Gasteiger partial charge in [0.15, 0.2) is 0 Å². The second-order valence-electron chi connectivity index (χ2n) is 4.87. The van der Waals surface area contributed by atoms with Gasteiger partial charge in [0.05, 0.1) is 12.7 Å². The molecule has 0 atom stereocenters. The molecular weight excluding hydrogens is 310 g/mol. The van der Waals surface area contributed by atoms with E-state index in [9.17, 15) is 4.79 Å². The average Bonchev–Trinajstić information content (AvgIpc) is 3.15. The maximum Gasteiger partial charge on any atom is 0.253 e. The molecule has 0 aromatic carbocycles. The number of amides is 1. The number of carbonyl (C=O) groups is 1. The first-order valence-electron chi connectivity index (χ1n) is 7.01. The third-order valence-electron chi connectivity index (χ3n) is 3.31. The molecule has 116 valence electrons. The maximum absolute atomic E-state index is 12.1. The quantitative estimate of drug-likeness (QED) is 0.783. The van der Waals surface area contributed by atoms with Gasteiger partial charge in [-0.25, -0.2) is 4.98 Å². The van der Waals surface area contributed by atoms with Crippen LogP contribution in [0.2, 0.25) is 0 Å². The van der Waals surface area contributed by atoms with Crippen LogP contribution in [0.1, 0.15) is 15.9 Å². The second kappa shape index (κ2) is 7.02. The zero-order valence-electron chi connectivity index (χ0n) is 12.5. The Morgan fingerprint density at radius 3 is 2.83 bits per heavy atom. The summed E-state index contributed by atoms with van der Waals surface area (Å²) in [6.07, 6.45) is 5.07. The van der Waals surface area contributed by atoms with E-state index in [1.165, 1.54) is 13.3 Å². The van der Waals surface area contributed by atoms with E-state index in [2.05, 4.69) is 20.7 Å². The molecule has 0 radical (unpaired) electrons. The van der Waals surface area contributed by atoms with Crippen LogP contribution in [0.3, 0.4) is 0 Å². The standard InChI is InChI=1S/C17H15N3O2S/c1-22-16-3-2-13(10-19-16)17(21)20-8-12-6-15(9-18-7-12)14-4-5-23-11-14/h2-7,9-11H,8H2,1H3,(H,20,21). The third kappa shape index (κ3) is 3.73. The fourth-order valence-corrected chi connectivity index (χ4v) is 2.76. The number of pyridine rings is 2. The molecule has 0 fully saturated rings. The maximum atomic E-state index is 12.1. The zero-order chi connectivity index (χ0) is 16.1. The highest BCUT2D eigenvalue weighted by molar-refractivity contribution is 7.08. The molecule has 0 aliphatic rings. The largest absolute Gasteiger partial charge is 0.481 e. The van der Waals surface area contributed by atoms with Crippen molar-refractivity contribution in [1.82, 2.24) is 15.3 Å². The van der Waals surface area contributed by atoms with E-state index in [1.807, 2.05) is 23.7 Å². The van der Waals surface area contributed by atoms with E-state index in [4.69, 9.17) is 4.74 Å². The number of nitrogens with zero attached hydrogens (tertiary/aromatic N) is 2. The number of ether oxygens (including phenoxy) is 1. The SMILES string of the molecule is COc1ccc(C(=O)NCc2cncc(-c3ccsc3)c2)cn1. The Hall–Kier alpha value is -2.73. The van der Waals surface area contributed by atoms with Crippen LogP contribution in [0.5, 0.6) is 5.88 Å². The van der Waals surface area contributed by atoms with Crippen LogP contribution in [0, 0.1) is 0 Å². The lowest BCUT2D eigenvalue weighted by atomic mass is 10.1. The molecule has 6 heteroatoms. The Morgan fingerprint density at radius 1 is 1.22 bits per heavy atom. The van der Waals surface area contributed by atoms with Gasteiger partial charge in [-0.15, -0.1) is 0 Å². The minimum absolute atomic E-state index is 0.180. The monoisotopic (exact) mass is 325 g/mol. The van der Waals surface area contributed by atoms with Crippen LogP contribution in [-0.2, 0) is 6.54 Å². The summed E-state index contributed by atoms with van der Waals surface area (Å²) < 4.78 is 4.98. The fraction of sp³-hybridized carbons (Fsp3) is 0.118. The molecule has 0 aliphatic heterocycles. The van der Waals surface area contributed by atoms with Crippen molar-refractivity contribution < 1.29 is 9.53 Å². The van der Waals surface area contributed by atoms with E-state index in [-0.39, 0.29) is 5.91 Å². The van der Waals surface area contributed by atoms with Gasteiger partial charge in [0, 0.05) is 36.8 Å². The molecule has 0 aliphatic carbocycles. The first-order valence-corrected chi connectivity index (χ1v) is 7.95. The van der Waals surface area contributed by atoms with Gasteiger partial charge < -0.3 is 10.1 Å². The third-order valence-corrected chi connectivity index (χ3v) is 3.99. The number of methoxy groups -OCH3 is 1. The van der Waals surface area contributed by atoms with E-state index in [0.717, 1.165) is 16.7 Å². The van der Waals surface area contributed by atoms with Crippen LogP contribution >= 0.6 is 11.3 Å². The molecule has 23 heavy (non-hydrogen) atoms. The highest BCUT2D eigenvalue weighted by atomic mass is 32.1. The summed E-state index contributed by atoms with van der Waals surface area (Å²) in [5.74, 6) is 0.301. The van der Waals surface area contributed by atoms with E-state index < -0.39 is 0 Å². The minimum atomic E-state index is -0.180. The molecule has 0 unspecified atom stereocenters. The van der Waals surface area contributed by atoms with Gasteiger partial charge in [-0.3, -0.25) is 9.78 Å². The number of hydrogen-bond acceptors (Lipinski definition) is 5. The van der Waals surface area contributed by atoms with Crippen LogP contribution < -0.4 is 10.1 Å². The van der Waals surface area contributed by atoms with Crippen molar-refractivity contribution in [2.45, 2.75) is 6.54 Å². The van der Waals surface area contributed by atoms with Crippen molar-refractivity contribution in [3.63, 3.8) is 0 Å². The van der Waals surface area contributed by atoms with E-state index in [0.29, 0.717) is 18.0 Å². The summed E-state index contributed by atoms with van der Waals surface area (Å²) in [4.78, 5) is 20.4.